The molecule has 0 unspecified atom stereocenters. The number of aliphatic imine (C=N–C) groups is 1. The van der Waals surface area contributed by atoms with E-state index in [-0.39, 0.29) is 5.91 Å². The zero-order chi connectivity index (χ0) is 19.6. The molecule has 0 spiro atoms. The number of fused-ring (bicyclic) bond motifs is 1. The Morgan fingerprint density at radius 1 is 0.793 bits per heavy atom. The van der Waals surface area contributed by atoms with E-state index in [1.165, 1.54) is 28.2 Å². The molecule has 0 radical (unpaired) electrons. The van der Waals surface area contributed by atoms with Crippen LogP contribution < -0.4 is 4.90 Å². The largest absolute Gasteiger partial charge is 0.367 e. The van der Waals surface area contributed by atoms with Crippen LogP contribution in [0.1, 0.15) is 5.56 Å². The number of amidine groups is 1. The lowest BCUT2D eigenvalue weighted by Crippen LogP contribution is -2.47. The Kier molecular flexibility index (Phi) is 4.82. The van der Waals surface area contributed by atoms with Crippen molar-refractivity contribution in [3.05, 3.63) is 83.3 Å². The zero-order valence-electron chi connectivity index (χ0n) is 16.0. The molecule has 0 aliphatic carbocycles. The number of amides is 1. The Bertz CT molecular complexity index is 1110. The molecule has 0 N–H and O–H groups in total. The summed E-state index contributed by atoms with van der Waals surface area (Å²) in [4.78, 5) is 22.0. The number of anilines is 1. The van der Waals surface area contributed by atoms with Crippen molar-refractivity contribution in [1.82, 2.24) is 4.90 Å². The van der Waals surface area contributed by atoms with Crippen molar-refractivity contribution in [2.45, 2.75) is 0 Å². The second-order valence-electron chi connectivity index (χ2n) is 7.19. The number of benzene rings is 3. The van der Waals surface area contributed by atoms with Gasteiger partial charge in [0.1, 0.15) is 0 Å². The van der Waals surface area contributed by atoms with E-state index in [2.05, 4.69) is 57.3 Å². The molecular formula is C24H21N3OS. The first-order valence-corrected chi connectivity index (χ1v) is 10.6. The van der Waals surface area contributed by atoms with Crippen molar-refractivity contribution in [1.29, 1.82) is 0 Å². The fourth-order valence-corrected chi connectivity index (χ4v) is 4.82. The van der Waals surface area contributed by atoms with E-state index in [0.717, 1.165) is 36.9 Å². The maximum atomic E-state index is 12.4. The maximum Gasteiger partial charge on any atom is 0.286 e. The van der Waals surface area contributed by atoms with Crippen LogP contribution in [0.5, 0.6) is 0 Å². The van der Waals surface area contributed by atoms with Gasteiger partial charge >= 0.3 is 0 Å². The highest BCUT2D eigenvalue weighted by Gasteiger charge is 2.28. The molecule has 1 amide bonds. The highest BCUT2D eigenvalue weighted by atomic mass is 32.2. The Balaban J connectivity index is 1.28. The van der Waals surface area contributed by atoms with Crippen molar-refractivity contribution in [2.75, 3.05) is 31.1 Å². The molecule has 0 bridgehead atoms. The number of carbonyl (C=O) groups excluding carboxylic acids is 1. The minimum atomic E-state index is -0.134. The topological polar surface area (TPSA) is 35.9 Å². The maximum absolute atomic E-state index is 12.4. The Labute approximate surface area is 174 Å². The Morgan fingerprint density at radius 2 is 1.48 bits per heavy atom. The van der Waals surface area contributed by atoms with E-state index < -0.39 is 0 Å². The molecule has 2 heterocycles. The standard InChI is InChI=1S/C24H21N3OS/c28-23-22(17-18-7-2-1-3-8-18)29-24(25-23)27-15-13-26(14-16-27)21-12-6-10-19-9-4-5-11-20(19)21/h1-12,17H,13-16H2/b22-17-. The van der Waals surface area contributed by atoms with Crippen LogP contribution in [-0.4, -0.2) is 42.2 Å². The summed E-state index contributed by atoms with van der Waals surface area (Å²) in [6.45, 7) is 3.56. The molecule has 29 heavy (non-hydrogen) atoms. The van der Waals surface area contributed by atoms with Crippen LogP contribution in [0, 0.1) is 0 Å². The van der Waals surface area contributed by atoms with Crippen molar-refractivity contribution in [3.8, 4) is 0 Å². The molecule has 144 valence electrons. The van der Waals surface area contributed by atoms with Crippen molar-refractivity contribution < 1.29 is 4.79 Å². The Morgan fingerprint density at radius 3 is 2.31 bits per heavy atom. The second-order valence-corrected chi connectivity index (χ2v) is 8.20. The van der Waals surface area contributed by atoms with E-state index >= 15 is 0 Å². The van der Waals surface area contributed by atoms with Crippen LogP contribution in [0.3, 0.4) is 0 Å². The molecule has 2 aliphatic heterocycles. The van der Waals surface area contributed by atoms with Gasteiger partial charge in [-0.15, -0.1) is 0 Å². The molecular weight excluding hydrogens is 378 g/mol. The first-order chi connectivity index (χ1) is 14.3. The van der Waals surface area contributed by atoms with Gasteiger partial charge in [0.05, 0.1) is 4.91 Å². The number of piperazine rings is 1. The molecule has 1 saturated heterocycles. The second kappa shape index (κ2) is 7.76. The third-order valence-corrected chi connectivity index (χ3v) is 6.41. The summed E-state index contributed by atoms with van der Waals surface area (Å²) in [5.41, 5.74) is 2.31. The van der Waals surface area contributed by atoms with Crippen LogP contribution in [0.2, 0.25) is 0 Å². The highest BCUT2D eigenvalue weighted by Crippen LogP contribution is 2.32. The predicted octanol–water partition coefficient (Wildman–Crippen LogP) is 4.63. The number of nitrogens with zero attached hydrogens (tertiary/aromatic N) is 3. The van der Waals surface area contributed by atoms with Gasteiger partial charge in [0, 0.05) is 37.3 Å². The summed E-state index contributed by atoms with van der Waals surface area (Å²) in [5, 5.41) is 3.39. The minimum absolute atomic E-state index is 0.134. The molecule has 0 atom stereocenters. The SMILES string of the molecule is O=C1N=C(N2CCN(c3cccc4ccccc34)CC2)S/C1=C\c1ccccc1. The number of hydrogen-bond acceptors (Lipinski definition) is 4. The summed E-state index contributed by atoms with van der Waals surface area (Å²) in [7, 11) is 0. The van der Waals surface area contributed by atoms with Gasteiger partial charge < -0.3 is 9.80 Å². The third-order valence-electron chi connectivity index (χ3n) is 5.36. The predicted molar refractivity (Wildman–Crippen MR) is 122 cm³/mol. The van der Waals surface area contributed by atoms with Gasteiger partial charge in [-0.1, -0.05) is 66.7 Å². The number of rotatable bonds is 2. The van der Waals surface area contributed by atoms with Gasteiger partial charge in [0.2, 0.25) is 0 Å². The zero-order valence-corrected chi connectivity index (χ0v) is 16.8. The van der Waals surface area contributed by atoms with Gasteiger partial charge in [-0.05, 0) is 34.9 Å². The fourth-order valence-electron chi connectivity index (χ4n) is 3.86. The fraction of sp³-hybridized carbons (Fsp3) is 0.167. The molecule has 3 aromatic rings. The van der Waals surface area contributed by atoms with Crippen LogP contribution >= 0.6 is 11.8 Å². The number of thioether (sulfide) groups is 1. The summed E-state index contributed by atoms with van der Waals surface area (Å²) in [5.74, 6) is -0.134. The summed E-state index contributed by atoms with van der Waals surface area (Å²) < 4.78 is 0. The van der Waals surface area contributed by atoms with Gasteiger partial charge in [0.15, 0.2) is 5.17 Å². The Hall–Kier alpha value is -3.05. The molecule has 0 saturated carbocycles. The highest BCUT2D eigenvalue weighted by molar-refractivity contribution is 8.18. The number of carbonyl (C=O) groups is 1. The van der Waals surface area contributed by atoms with Gasteiger partial charge in [-0.3, -0.25) is 4.79 Å². The lowest BCUT2D eigenvalue weighted by atomic mass is 10.1. The summed E-state index contributed by atoms with van der Waals surface area (Å²) in [6, 6.07) is 24.9. The van der Waals surface area contributed by atoms with Crippen molar-refractivity contribution >= 4 is 45.4 Å². The van der Waals surface area contributed by atoms with Crippen molar-refractivity contribution in [2.24, 2.45) is 4.99 Å². The van der Waals surface area contributed by atoms with Crippen LogP contribution in [0.15, 0.2) is 82.7 Å². The van der Waals surface area contributed by atoms with Crippen LogP contribution in [-0.2, 0) is 4.79 Å². The molecule has 5 heteroatoms. The first-order valence-electron chi connectivity index (χ1n) is 9.83. The van der Waals surface area contributed by atoms with E-state index in [9.17, 15) is 4.79 Å². The van der Waals surface area contributed by atoms with Crippen LogP contribution in [0.25, 0.3) is 16.8 Å². The molecule has 5 rings (SSSR count). The van der Waals surface area contributed by atoms with Gasteiger partial charge in [0.25, 0.3) is 5.91 Å². The van der Waals surface area contributed by atoms with E-state index in [0.29, 0.717) is 4.91 Å². The van der Waals surface area contributed by atoms with Gasteiger partial charge in [-0.25, -0.2) is 0 Å². The lowest BCUT2D eigenvalue weighted by Gasteiger charge is -2.37. The summed E-state index contributed by atoms with van der Waals surface area (Å²) in [6.07, 6.45) is 1.93. The van der Waals surface area contributed by atoms with E-state index in [1.807, 2.05) is 36.4 Å². The van der Waals surface area contributed by atoms with Gasteiger partial charge in [-0.2, -0.15) is 4.99 Å². The minimum Gasteiger partial charge on any atom is -0.367 e. The number of hydrogen-bond donors (Lipinski definition) is 0. The van der Waals surface area contributed by atoms with E-state index in [1.54, 1.807) is 0 Å². The molecule has 2 aliphatic rings. The molecule has 1 fully saturated rings. The van der Waals surface area contributed by atoms with E-state index in [4.69, 9.17) is 0 Å². The lowest BCUT2D eigenvalue weighted by molar-refractivity contribution is -0.113. The quantitative estimate of drug-likeness (QED) is 0.589. The van der Waals surface area contributed by atoms with Crippen LogP contribution in [0.4, 0.5) is 5.69 Å². The summed E-state index contributed by atoms with van der Waals surface area (Å²) >= 11 is 1.49. The molecule has 0 aromatic heterocycles. The monoisotopic (exact) mass is 399 g/mol. The average molecular weight is 400 g/mol. The first kappa shape index (κ1) is 18.0. The van der Waals surface area contributed by atoms with Crippen molar-refractivity contribution in [3.63, 3.8) is 0 Å². The third kappa shape index (κ3) is 3.66. The average Bonchev–Trinajstić information content (AvgIpc) is 3.14. The molecule has 4 nitrogen and oxygen atoms in total. The molecule has 3 aromatic carbocycles. The normalized spacial score (nSPS) is 18.6. The smallest absolute Gasteiger partial charge is 0.286 e.